The molecule has 2 aromatic heterocycles. The number of amides is 2. The lowest BCUT2D eigenvalue weighted by atomic mass is 9.79. The highest BCUT2D eigenvalue weighted by molar-refractivity contribution is 8.00. The molecule has 2 saturated heterocycles. The Bertz CT molecular complexity index is 3720. The second-order valence-corrected chi connectivity index (χ2v) is 34.1. The van der Waals surface area contributed by atoms with Gasteiger partial charge in [-0.05, 0) is 140 Å². The van der Waals surface area contributed by atoms with Crippen molar-refractivity contribution in [2.75, 3.05) is 5.75 Å². The molecule has 0 bridgehead atoms. The molecule has 8 rings (SSSR count). The number of urea groups is 1. The number of carbonyl (C=O) groups excluding carboxylic acids is 6. The van der Waals surface area contributed by atoms with Crippen molar-refractivity contribution in [1.29, 1.82) is 0 Å². The number of nitrogens with two attached hydrogens (primary N) is 1. The van der Waals surface area contributed by atoms with Crippen molar-refractivity contribution in [3.05, 3.63) is 150 Å². The fourth-order valence-electron chi connectivity index (χ4n) is 11.2. The van der Waals surface area contributed by atoms with Crippen LogP contribution >= 0.6 is 11.8 Å². The zero-order valence-corrected chi connectivity index (χ0v) is 65.8. The number of phenols is 3. The number of aromatic nitrogens is 2. The zero-order valence-electron chi connectivity index (χ0n) is 65.0. The Morgan fingerprint density at radius 3 is 1.69 bits per heavy atom. The minimum absolute atomic E-state index is 0. The molecule has 4 heterocycles. The van der Waals surface area contributed by atoms with E-state index in [1.807, 2.05) is 150 Å². The van der Waals surface area contributed by atoms with E-state index in [9.17, 15) is 44.1 Å². The average Bonchev–Trinajstić information content (AvgIpc) is 1.49. The molecule has 15 nitrogen and oxygen atoms in total. The van der Waals surface area contributed by atoms with Crippen molar-refractivity contribution < 1.29 is 48.8 Å². The first-order valence-corrected chi connectivity index (χ1v) is 37.1. The summed E-state index contributed by atoms with van der Waals surface area (Å²) in [5.41, 5.74) is 11.3. The molecular weight excluding hydrogens is 1300 g/mol. The largest absolute Gasteiger partial charge is 0.508 e. The van der Waals surface area contributed by atoms with Gasteiger partial charge in [0, 0.05) is 91.2 Å². The molecule has 2 amide bonds. The maximum atomic E-state index is 12.2. The standard InChI is InChI=1S/C19H20O3.C15H20N2O2.C15H21NO.C14H24N2O2S.C12H22O.C10H18O.CH4/c1-13(19(2,3)4)14-9-6-8-12-17(14)22-18(21)15-10-5-7-11-16(15)20;1-15(2,3)14(19)12(16)6-9-8-17-13-5-4-10(18)7-11(9)13;1-15(2,3)8-4-5-11-10-16-14-7-6-12(17)9-13(11)14;1-14(2,3)11(17)7-5-4-6-10-12-9(8-19-10)15-13(18)16-12;1-6-7-8-9-12(4,5)11(13)10(2)3;1-5-6-7-8-9(11)10(2,3)4;/h5-12,20H,1H2,2-4H3;4-5,7-8,12,17-18H,6,16H2,1-3H3;6-7,9-10,16-17H,4-5,8H2,1-3H3;9-10,12H,4-8H2,1-3H3,(H2,15,16,18);7-8,10H,6,9H2,1-5H3;6-7H,5,8H2,1-4H3;1H4/b;;;;8-7-;7-6-;/t;12-;;9-,10-,12-;;;/m.0.0.../s1. The van der Waals surface area contributed by atoms with E-state index in [2.05, 4.69) is 101 Å². The number of fused-ring (bicyclic) bond motifs is 3. The molecular formula is C86H129N5O10S. The summed E-state index contributed by atoms with van der Waals surface area (Å²) in [5, 5.41) is 37.3. The van der Waals surface area contributed by atoms with Gasteiger partial charge in [0.15, 0.2) is 5.78 Å². The van der Waals surface area contributed by atoms with Crippen LogP contribution in [0.25, 0.3) is 27.4 Å². The molecule has 4 aromatic carbocycles. The van der Waals surface area contributed by atoms with Gasteiger partial charge in [-0.25, -0.2) is 9.59 Å². The number of aryl methyl sites for hydroxylation is 1. The van der Waals surface area contributed by atoms with Gasteiger partial charge in [-0.2, -0.15) is 11.8 Å². The summed E-state index contributed by atoms with van der Waals surface area (Å²) in [6.07, 6.45) is 23.4. The molecule has 2 aliphatic heterocycles. The quantitative estimate of drug-likeness (QED) is 0.0104. The number of thioether (sulfide) groups is 1. The highest BCUT2D eigenvalue weighted by Crippen LogP contribution is 2.38. The molecule has 0 aliphatic carbocycles. The van der Waals surface area contributed by atoms with Gasteiger partial charge in [-0.3, -0.25) is 19.2 Å². The van der Waals surface area contributed by atoms with Crippen LogP contribution in [0, 0.1) is 38.4 Å². The Balaban J connectivity index is 0.000000421. The molecule has 2 fully saturated rings. The lowest BCUT2D eigenvalue weighted by Crippen LogP contribution is -2.40. The molecule has 0 saturated carbocycles. The smallest absolute Gasteiger partial charge is 0.347 e. The van der Waals surface area contributed by atoms with E-state index in [-0.39, 0.29) is 69.9 Å². The van der Waals surface area contributed by atoms with Crippen molar-refractivity contribution in [2.45, 2.75) is 253 Å². The molecule has 6 aromatic rings. The number of ether oxygens (including phenoxy) is 1. The third-order valence-electron chi connectivity index (χ3n) is 17.5. The summed E-state index contributed by atoms with van der Waals surface area (Å²) in [6.45, 7) is 46.6. The number of aromatic hydroxyl groups is 3. The lowest BCUT2D eigenvalue weighted by molar-refractivity contribution is -0.130. The van der Waals surface area contributed by atoms with Gasteiger partial charge in [-0.15, -0.1) is 0 Å². The predicted octanol–water partition coefficient (Wildman–Crippen LogP) is 20.8. The van der Waals surface area contributed by atoms with Gasteiger partial charge in [0.05, 0.1) is 18.1 Å². The monoisotopic (exact) mass is 1420 g/mol. The van der Waals surface area contributed by atoms with Crippen molar-refractivity contribution in [3.8, 4) is 23.0 Å². The van der Waals surface area contributed by atoms with Crippen LogP contribution in [0.2, 0.25) is 0 Å². The first kappa shape index (κ1) is 90.4. The first-order valence-electron chi connectivity index (χ1n) is 36.1. The van der Waals surface area contributed by atoms with Crippen LogP contribution in [0.1, 0.15) is 244 Å². The molecule has 0 spiro atoms. The number of carbonyl (C=O) groups is 6. The second kappa shape index (κ2) is 41.0. The third kappa shape index (κ3) is 30.7. The summed E-state index contributed by atoms with van der Waals surface area (Å²) in [6, 6.07) is 24.3. The van der Waals surface area contributed by atoms with Crippen LogP contribution in [0.3, 0.4) is 0 Å². The number of hydrogen-bond donors (Lipinski definition) is 8. The summed E-state index contributed by atoms with van der Waals surface area (Å²) in [5.74, 6) is 2.51. The van der Waals surface area contributed by atoms with Crippen molar-refractivity contribution in [2.24, 2.45) is 44.1 Å². The fraction of sp³-hybridized carbons (Fsp3) is 0.535. The number of Topliss-reactive ketones (excluding diaryl/α,β-unsaturated/α-hetero) is 4. The van der Waals surface area contributed by atoms with Crippen LogP contribution < -0.4 is 21.1 Å². The SMILES string of the molecule is C.C=C(c1ccccc1OC(=O)c1ccccc1O)C(C)(C)C.CC(C)(C)C(=O)CCCC[C@@H]1SC[C@@H]2NC(=O)N[C@@H]21.CC(C)(C)C(=O)[C@@H](N)Cc1c[nH]c2ccc(O)cc12.CC(C)(C)CCCc1c[nH]c2ccc(O)cc12.CC/C=C\CC(=O)C(C)(C)C.CC/C=C\CC(C)(C)C(=O)C(C)C. The number of aromatic amines is 2. The van der Waals surface area contributed by atoms with Crippen molar-refractivity contribution in [1.82, 2.24) is 20.6 Å². The van der Waals surface area contributed by atoms with E-state index in [1.165, 1.54) is 30.5 Å². The van der Waals surface area contributed by atoms with Crippen LogP contribution in [0.5, 0.6) is 23.0 Å². The Morgan fingerprint density at radius 2 is 1.17 bits per heavy atom. The Kier molecular flexibility index (Phi) is 36.3. The third-order valence-corrected chi connectivity index (χ3v) is 19.0. The first-order chi connectivity index (χ1) is 46.8. The average molecular weight is 1430 g/mol. The van der Waals surface area contributed by atoms with Crippen LogP contribution in [0.4, 0.5) is 4.79 Å². The van der Waals surface area contributed by atoms with Gasteiger partial charge in [0.2, 0.25) is 0 Å². The number of allylic oxidation sites excluding steroid dienone is 5. The highest BCUT2D eigenvalue weighted by Gasteiger charge is 2.42. The number of unbranched alkanes of at least 4 members (excludes halogenated alkanes) is 1. The second-order valence-electron chi connectivity index (χ2n) is 32.8. The van der Waals surface area contributed by atoms with Crippen LogP contribution in [0.15, 0.2) is 128 Å². The molecule has 0 unspecified atom stereocenters. The number of esters is 1. The summed E-state index contributed by atoms with van der Waals surface area (Å²) < 4.78 is 5.47. The van der Waals surface area contributed by atoms with Crippen LogP contribution in [-0.2, 0) is 32.0 Å². The zero-order chi connectivity index (χ0) is 76.4. The molecule has 4 atom stereocenters. The molecule has 9 N–H and O–H groups in total. The van der Waals surface area contributed by atoms with Gasteiger partial charge in [0.25, 0.3) is 0 Å². The number of H-pyrrole nitrogens is 2. The summed E-state index contributed by atoms with van der Waals surface area (Å²) in [4.78, 5) is 76.8. The van der Waals surface area contributed by atoms with E-state index >= 15 is 0 Å². The highest BCUT2D eigenvalue weighted by atomic mass is 32.2. The van der Waals surface area contributed by atoms with E-state index in [0.29, 0.717) is 64.8 Å². The Labute approximate surface area is 617 Å². The van der Waals surface area contributed by atoms with Crippen molar-refractivity contribution >= 4 is 74.3 Å². The minimum atomic E-state index is -0.591. The molecule has 2 aliphatic rings. The number of benzene rings is 4. The summed E-state index contributed by atoms with van der Waals surface area (Å²) >= 11 is 1.94. The van der Waals surface area contributed by atoms with Gasteiger partial charge in [0.1, 0.15) is 45.9 Å². The number of hydrogen-bond acceptors (Lipinski definition) is 12. The van der Waals surface area contributed by atoms with Crippen LogP contribution in [-0.4, -0.2) is 89.5 Å². The van der Waals surface area contributed by atoms with Gasteiger partial charge < -0.3 is 46.4 Å². The molecule has 564 valence electrons. The van der Waals surface area contributed by atoms with Gasteiger partial charge >= 0.3 is 12.0 Å². The van der Waals surface area contributed by atoms with E-state index < -0.39 is 17.4 Å². The topological polar surface area (TPSA) is 254 Å². The van der Waals surface area contributed by atoms with E-state index in [0.717, 1.165) is 89.2 Å². The maximum Gasteiger partial charge on any atom is 0.347 e. The number of ketones is 4. The molecule has 16 heteroatoms. The fourth-order valence-corrected chi connectivity index (χ4v) is 12.7. The number of rotatable bonds is 22. The summed E-state index contributed by atoms with van der Waals surface area (Å²) in [7, 11) is 0. The number of phenolic OH excluding ortho intramolecular Hbond substituents is 3. The normalized spacial score (nSPS) is 15.5. The van der Waals surface area contributed by atoms with E-state index in [1.54, 1.807) is 42.5 Å². The minimum Gasteiger partial charge on any atom is -0.508 e. The maximum absolute atomic E-state index is 12.2. The Hall–Kier alpha value is -7.69. The Morgan fingerprint density at radius 1 is 0.637 bits per heavy atom. The van der Waals surface area contributed by atoms with Crippen molar-refractivity contribution in [3.63, 3.8) is 0 Å². The number of nitrogens with one attached hydrogen (secondary N) is 4. The lowest BCUT2D eigenvalue weighted by Gasteiger charge is -2.23. The predicted molar refractivity (Wildman–Crippen MR) is 428 cm³/mol. The number of para-hydroxylation sites is 2. The molecule has 102 heavy (non-hydrogen) atoms. The molecule has 0 radical (unpaired) electrons. The van der Waals surface area contributed by atoms with Gasteiger partial charge in [-0.1, -0.05) is 220 Å². The van der Waals surface area contributed by atoms with E-state index in [4.69, 9.17) is 10.5 Å².